The fraction of sp³-hybridized carbons (Fsp3) is 0.500. The second-order valence-electron chi connectivity index (χ2n) is 3.98. The number of halogens is 1. The molecule has 1 aromatic carbocycles. The Hall–Kier alpha value is -0.530. The summed E-state index contributed by atoms with van der Waals surface area (Å²) in [5.74, 6) is 1.18. The highest BCUT2D eigenvalue weighted by Crippen LogP contribution is 2.28. The predicted octanol–water partition coefficient (Wildman–Crippen LogP) is 3.43. The van der Waals surface area contributed by atoms with E-state index >= 15 is 0 Å². The van der Waals surface area contributed by atoms with E-state index < -0.39 is 0 Å². The van der Waals surface area contributed by atoms with Crippen molar-refractivity contribution in [3.8, 4) is 0 Å². The Labute approximate surface area is 91.3 Å². The van der Waals surface area contributed by atoms with Crippen molar-refractivity contribution in [1.29, 1.82) is 0 Å². The molecule has 0 aliphatic rings. The van der Waals surface area contributed by atoms with Gasteiger partial charge in [0.1, 0.15) is 0 Å². The van der Waals surface area contributed by atoms with Gasteiger partial charge in [-0.2, -0.15) is 0 Å². The zero-order valence-electron chi connectivity index (χ0n) is 8.83. The summed E-state index contributed by atoms with van der Waals surface area (Å²) in [6.45, 7) is 5.20. The van der Waals surface area contributed by atoms with Gasteiger partial charge in [-0.3, -0.25) is 0 Å². The highest BCUT2D eigenvalue weighted by atomic mass is 35.5. The Morgan fingerprint density at radius 2 is 1.79 bits per heavy atom. The monoisotopic (exact) mass is 211 g/mol. The summed E-state index contributed by atoms with van der Waals surface area (Å²) in [4.78, 5) is 0. The van der Waals surface area contributed by atoms with Gasteiger partial charge >= 0.3 is 0 Å². The summed E-state index contributed by atoms with van der Waals surface area (Å²) in [5, 5.41) is 0.795. The lowest BCUT2D eigenvalue weighted by Crippen LogP contribution is -2.12. The molecule has 1 nitrogen and oxygen atoms in total. The molecule has 0 fully saturated rings. The van der Waals surface area contributed by atoms with Crippen LogP contribution in [0.25, 0.3) is 0 Å². The highest BCUT2D eigenvalue weighted by Gasteiger charge is 2.14. The van der Waals surface area contributed by atoms with Crippen LogP contribution in [0.1, 0.15) is 31.7 Å². The molecular weight excluding hydrogens is 194 g/mol. The summed E-state index contributed by atoms with van der Waals surface area (Å²) in [6.07, 6.45) is 1.04. The second kappa shape index (κ2) is 5.38. The largest absolute Gasteiger partial charge is 0.330 e. The van der Waals surface area contributed by atoms with Crippen LogP contribution < -0.4 is 5.73 Å². The average molecular weight is 212 g/mol. The third-order valence-electron chi connectivity index (χ3n) is 2.58. The van der Waals surface area contributed by atoms with Crippen LogP contribution in [0.4, 0.5) is 0 Å². The molecule has 0 aliphatic heterocycles. The summed E-state index contributed by atoms with van der Waals surface area (Å²) in [5.41, 5.74) is 6.95. The third kappa shape index (κ3) is 3.00. The quantitative estimate of drug-likeness (QED) is 0.812. The summed E-state index contributed by atoms with van der Waals surface area (Å²) >= 11 is 5.85. The van der Waals surface area contributed by atoms with E-state index in [1.807, 2.05) is 12.1 Å². The lowest BCUT2D eigenvalue weighted by Gasteiger charge is -2.20. The first-order valence-electron chi connectivity index (χ1n) is 5.10. The van der Waals surface area contributed by atoms with E-state index in [1.165, 1.54) is 5.56 Å². The van der Waals surface area contributed by atoms with Crippen molar-refractivity contribution >= 4 is 11.6 Å². The smallest absolute Gasteiger partial charge is 0.0406 e. The molecule has 1 atom stereocenters. The molecule has 0 aromatic heterocycles. The molecule has 14 heavy (non-hydrogen) atoms. The van der Waals surface area contributed by atoms with Gasteiger partial charge in [0.25, 0.3) is 0 Å². The number of benzene rings is 1. The molecule has 78 valence electrons. The van der Waals surface area contributed by atoms with Crippen LogP contribution in [-0.4, -0.2) is 6.54 Å². The van der Waals surface area contributed by atoms with Crippen molar-refractivity contribution in [3.05, 3.63) is 34.9 Å². The van der Waals surface area contributed by atoms with Gasteiger partial charge in [-0.25, -0.2) is 0 Å². The average Bonchev–Trinajstić information content (AvgIpc) is 2.15. The van der Waals surface area contributed by atoms with Crippen LogP contribution in [0, 0.1) is 5.92 Å². The van der Waals surface area contributed by atoms with Crippen molar-refractivity contribution in [2.75, 3.05) is 6.54 Å². The van der Waals surface area contributed by atoms with Crippen LogP contribution in [0.3, 0.4) is 0 Å². The number of hydrogen-bond acceptors (Lipinski definition) is 1. The van der Waals surface area contributed by atoms with Gasteiger partial charge in [0.05, 0.1) is 0 Å². The topological polar surface area (TPSA) is 26.0 Å². The highest BCUT2D eigenvalue weighted by molar-refractivity contribution is 6.30. The van der Waals surface area contributed by atoms with Gasteiger partial charge in [0.15, 0.2) is 0 Å². The molecule has 0 aliphatic carbocycles. The number of hydrogen-bond donors (Lipinski definition) is 1. The van der Waals surface area contributed by atoms with Gasteiger partial charge in [-0.15, -0.1) is 0 Å². The Kier molecular flexibility index (Phi) is 4.43. The summed E-state index contributed by atoms with van der Waals surface area (Å²) in [6, 6.07) is 8.09. The fourth-order valence-corrected chi connectivity index (χ4v) is 1.90. The van der Waals surface area contributed by atoms with Crippen molar-refractivity contribution in [2.24, 2.45) is 11.7 Å². The lowest BCUT2D eigenvalue weighted by atomic mass is 9.86. The minimum absolute atomic E-state index is 0.553. The molecule has 0 radical (unpaired) electrons. The van der Waals surface area contributed by atoms with E-state index in [2.05, 4.69) is 26.0 Å². The van der Waals surface area contributed by atoms with Gasteiger partial charge in [0, 0.05) is 5.02 Å². The summed E-state index contributed by atoms with van der Waals surface area (Å²) < 4.78 is 0. The molecule has 2 heteroatoms. The normalized spacial score (nSPS) is 13.2. The molecular formula is C12H18ClN. The van der Waals surface area contributed by atoms with Crippen molar-refractivity contribution in [3.63, 3.8) is 0 Å². The maximum atomic E-state index is 5.85. The summed E-state index contributed by atoms with van der Waals surface area (Å²) in [7, 11) is 0. The van der Waals surface area contributed by atoms with Gasteiger partial charge in [-0.1, -0.05) is 37.6 Å². The van der Waals surface area contributed by atoms with Gasteiger partial charge < -0.3 is 5.73 Å². The van der Waals surface area contributed by atoms with E-state index in [-0.39, 0.29) is 0 Å². The molecule has 0 bridgehead atoms. The first-order chi connectivity index (χ1) is 6.65. The molecule has 1 rings (SSSR count). The van der Waals surface area contributed by atoms with Crippen LogP contribution >= 0.6 is 11.6 Å². The van der Waals surface area contributed by atoms with Crippen LogP contribution in [0.15, 0.2) is 24.3 Å². The molecule has 0 spiro atoms. The second-order valence-corrected chi connectivity index (χ2v) is 4.42. The van der Waals surface area contributed by atoms with Crippen molar-refractivity contribution in [2.45, 2.75) is 26.2 Å². The molecule has 1 unspecified atom stereocenters. The first-order valence-corrected chi connectivity index (χ1v) is 5.48. The van der Waals surface area contributed by atoms with Crippen LogP contribution in [0.5, 0.6) is 0 Å². The molecule has 2 N–H and O–H groups in total. The van der Waals surface area contributed by atoms with E-state index in [0.717, 1.165) is 18.0 Å². The van der Waals surface area contributed by atoms with Crippen LogP contribution in [0.2, 0.25) is 5.02 Å². The van der Waals surface area contributed by atoms with Crippen molar-refractivity contribution in [1.82, 2.24) is 0 Å². The predicted molar refractivity (Wildman–Crippen MR) is 62.7 cm³/mol. The Morgan fingerprint density at radius 1 is 1.21 bits per heavy atom. The minimum Gasteiger partial charge on any atom is -0.330 e. The SMILES string of the molecule is CC(C)C(CCN)c1ccc(Cl)cc1. The molecule has 0 heterocycles. The van der Waals surface area contributed by atoms with Gasteiger partial charge in [-0.05, 0) is 42.5 Å². The molecule has 1 aromatic rings. The van der Waals surface area contributed by atoms with E-state index in [9.17, 15) is 0 Å². The Bertz CT molecular complexity index is 266. The number of nitrogens with two attached hydrogens (primary N) is 1. The Balaban J connectivity index is 2.82. The van der Waals surface area contributed by atoms with Crippen molar-refractivity contribution < 1.29 is 0 Å². The third-order valence-corrected chi connectivity index (χ3v) is 2.83. The van der Waals surface area contributed by atoms with E-state index in [1.54, 1.807) is 0 Å². The van der Waals surface area contributed by atoms with E-state index in [0.29, 0.717) is 11.8 Å². The number of rotatable bonds is 4. The lowest BCUT2D eigenvalue weighted by molar-refractivity contribution is 0.473. The standard InChI is InChI=1S/C12H18ClN/c1-9(2)12(7-8-14)10-3-5-11(13)6-4-10/h3-6,9,12H,7-8,14H2,1-2H3. The zero-order chi connectivity index (χ0) is 10.6. The minimum atomic E-state index is 0.553. The zero-order valence-corrected chi connectivity index (χ0v) is 9.59. The first kappa shape index (κ1) is 11.5. The maximum Gasteiger partial charge on any atom is 0.0406 e. The molecule has 0 saturated carbocycles. The van der Waals surface area contributed by atoms with Gasteiger partial charge in [0.2, 0.25) is 0 Å². The van der Waals surface area contributed by atoms with E-state index in [4.69, 9.17) is 17.3 Å². The maximum absolute atomic E-state index is 5.85. The fourth-order valence-electron chi connectivity index (χ4n) is 1.77. The molecule has 0 saturated heterocycles. The Morgan fingerprint density at radius 3 is 2.21 bits per heavy atom. The molecule has 0 amide bonds. The van der Waals surface area contributed by atoms with Crippen LogP contribution in [-0.2, 0) is 0 Å².